The van der Waals surface area contributed by atoms with E-state index in [1.807, 2.05) is 37.3 Å². The second-order valence-corrected chi connectivity index (χ2v) is 9.12. The van der Waals surface area contributed by atoms with E-state index in [1.54, 1.807) is 16.8 Å². The van der Waals surface area contributed by atoms with Crippen molar-refractivity contribution in [1.82, 2.24) is 19.9 Å². The van der Waals surface area contributed by atoms with E-state index in [1.165, 1.54) is 0 Å². The zero-order chi connectivity index (χ0) is 22.8. The molecule has 0 aliphatic rings. The Morgan fingerprint density at radius 3 is 2.44 bits per heavy atom. The molecule has 4 rings (SSSR count). The summed E-state index contributed by atoms with van der Waals surface area (Å²) in [5, 5.41) is 10.8. The normalized spacial score (nSPS) is 12.3. The van der Waals surface area contributed by atoms with Crippen LogP contribution in [0.5, 0.6) is 0 Å². The van der Waals surface area contributed by atoms with Gasteiger partial charge in [-0.15, -0.1) is 0 Å². The van der Waals surface area contributed by atoms with Crippen LogP contribution >= 0.6 is 34.8 Å². The summed E-state index contributed by atoms with van der Waals surface area (Å²) >= 11 is 18.8. The Balaban J connectivity index is 1.85. The van der Waals surface area contributed by atoms with E-state index < -0.39 is 0 Å². The lowest BCUT2D eigenvalue weighted by Crippen LogP contribution is -2.00. The molecule has 0 bridgehead atoms. The Kier molecular flexibility index (Phi) is 6.89. The molecule has 2 aromatic carbocycles. The van der Waals surface area contributed by atoms with Crippen molar-refractivity contribution in [1.29, 1.82) is 0 Å². The van der Waals surface area contributed by atoms with E-state index >= 15 is 0 Å². The van der Waals surface area contributed by atoms with Gasteiger partial charge in [0.2, 0.25) is 11.7 Å². The molecule has 0 N–H and O–H groups in total. The summed E-state index contributed by atoms with van der Waals surface area (Å²) in [6.45, 7) is 6.26. The van der Waals surface area contributed by atoms with Gasteiger partial charge in [0.1, 0.15) is 5.69 Å². The van der Waals surface area contributed by atoms with Gasteiger partial charge in [0.25, 0.3) is 0 Å². The largest absolute Gasteiger partial charge is 0.339 e. The smallest absolute Gasteiger partial charge is 0.229 e. The minimum atomic E-state index is 0.194. The molecule has 2 heterocycles. The zero-order valence-electron chi connectivity index (χ0n) is 18.1. The molecule has 0 saturated heterocycles. The van der Waals surface area contributed by atoms with E-state index in [4.69, 9.17) is 44.4 Å². The fraction of sp³-hybridized carbons (Fsp3) is 0.292. The van der Waals surface area contributed by atoms with Crippen LogP contribution in [0.2, 0.25) is 15.1 Å². The predicted molar refractivity (Wildman–Crippen MR) is 130 cm³/mol. The minimum absolute atomic E-state index is 0.194. The number of aromatic nitrogens is 4. The number of nitrogens with zero attached hydrogens (tertiary/aromatic N) is 4. The van der Waals surface area contributed by atoms with E-state index in [0.717, 1.165) is 36.1 Å². The van der Waals surface area contributed by atoms with E-state index in [2.05, 4.69) is 24.0 Å². The highest BCUT2D eigenvalue weighted by Gasteiger charge is 2.24. The van der Waals surface area contributed by atoms with Crippen LogP contribution in [0.4, 0.5) is 0 Å². The lowest BCUT2D eigenvalue weighted by molar-refractivity contribution is 0.351. The summed E-state index contributed by atoms with van der Waals surface area (Å²) in [6, 6.07) is 12.9. The molecule has 0 fully saturated rings. The van der Waals surface area contributed by atoms with Crippen LogP contribution in [0.3, 0.4) is 0 Å². The van der Waals surface area contributed by atoms with E-state index in [9.17, 15) is 0 Å². The number of benzene rings is 2. The van der Waals surface area contributed by atoms with Gasteiger partial charge >= 0.3 is 0 Å². The maximum atomic E-state index is 6.53. The summed E-state index contributed by atoms with van der Waals surface area (Å²) in [5.41, 5.74) is 4.06. The second-order valence-electron chi connectivity index (χ2n) is 7.84. The number of hydrogen-bond acceptors (Lipinski definition) is 4. The van der Waals surface area contributed by atoms with Crippen molar-refractivity contribution in [3.05, 3.63) is 69.0 Å². The van der Waals surface area contributed by atoms with E-state index in [0.29, 0.717) is 38.2 Å². The molecule has 0 radical (unpaired) electrons. The molecule has 8 heteroatoms. The van der Waals surface area contributed by atoms with Crippen molar-refractivity contribution in [2.75, 3.05) is 0 Å². The first kappa shape index (κ1) is 22.8. The molecule has 2 aromatic heterocycles. The Labute approximate surface area is 202 Å². The van der Waals surface area contributed by atoms with Crippen LogP contribution in [-0.4, -0.2) is 19.9 Å². The molecule has 1 atom stereocenters. The van der Waals surface area contributed by atoms with Crippen molar-refractivity contribution < 1.29 is 4.52 Å². The lowest BCUT2D eigenvalue weighted by atomic mass is 10.0. The highest BCUT2D eigenvalue weighted by atomic mass is 35.5. The molecule has 0 aliphatic heterocycles. The highest BCUT2D eigenvalue weighted by molar-refractivity contribution is 6.35. The number of rotatable bonds is 7. The third-order valence-corrected chi connectivity index (χ3v) is 6.23. The van der Waals surface area contributed by atoms with Gasteiger partial charge in [-0.1, -0.05) is 78.8 Å². The average Bonchev–Trinajstić information content (AvgIpc) is 3.38. The predicted octanol–water partition coefficient (Wildman–Crippen LogP) is 8.15. The molecular weight excluding hydrogens is 467 g/mol. The average molecular weight is 490 g/mol. The topological polar surface area (TPSA) is 56.7 Å². The molecule has 4 aromatic rings. The first-order valence-corrected chi connectivity index (χ1v) is 11.7. The van der Waals surface area contributed by atoms with Gasteiger partial charge < -0.3 is 4.52 Å². The molecule has 0 saturated carbocycles. The van der Waals surface area contributed by atoms with Crippen LogP contribution in [0.15, 0.2) is 47.0 Å². The van der Waals surface area contributed by atoms with Crippen LogP contribution in [0.25, 0.3) is 28.5 Å². The number of hydrogen-bond donors (Lipinski definition) is 0. The Morgan fingerprint density at radius 1 is 1.03 bits per heavy atom. The molecular formula is C24H23Cl3N4O. The molecule has 0 amide bonds. The Bertz CT molecular complexity index is 1230. The van der Waals surface area contributed by atoms with Crippen molar-refractivity contribution in [3.63, 3.8) is 0 Å². The molecule has 0 aliphatic carbocycles. The summed E-state index contributed by atoms with van der Waals surface area (Å²) in [4.78, 5) is 4.66. The summed E-state index contributed by atoms with van der Waals surface area (Å²) in [5.74, 6) is 1.28. The Morgan fingerprint density at radius 2 is 1.75 bits per heavy atom. The Hall–Kier alpha value is -2.34. The van der Waals surface area contributed by atoms with Gasteiger partial charge in [-0.05, 0) is 43.7 Å². The maximum absolute atomic E-state index is 6.53. The molecule has 32 heavy (non-hydrogen) atoms. The van der Waals surface area contributed by atoms with Gasteiger partial charge in [-0.2, -0.15) is 10.1 Å². The first-order chi connectivity index (χ1) is 15.4. The second kappa shape index (κ2) is 9.65. The first-order valence-electron chi connectivity index (χ1n) is 10.5. The third kappa shape index (κ3) is 4.56. The van der Waals surface area contributed by atoms with Gasteiger partial charge in [-0.25, -0.2) is 4.68 Å². The van der Waals surface area contributed by atoms with Gasteiger partial charge in [0.05, 0.1) is 16.4 Å². The highest BCUT2D eigenvalue weighted by Crippen LogP contribution is 2.36. The number of unbranched alkanes of at least 4 members (excludes halogenated alkanes) is 1. The zero-order valence-corrected chi connectivity index (χ0v) is 20.3. The standard InChI is InChI=1S/C24H23Cl3N4O/c1-4-5-6-14(2)24-28-23(30-32-24)21-15(3)22(16-7-9-17(25)10-8-16)31(29-21)20-12-11-18(26)13-19(20)27/h7-14H,4-6H2,1-3H3. The fourth-order valence-corrected chi connectivity index (χ4v) is 4.26. The monoisotopic (exact) mass is 488 g/mol. The number of halogens is 3. The van der Waals surface area contributed by atoms with E-state index in [-0.39, 0.29) is 5.92 Å². The van der Waals surface area contributed by atoms with Crippen molar-refractivity contribution >= 4 is 34.8 Å². The minimum Gasteiger partial charge on any atom is -0.339 e. The van der Waals surface area contributed by atoms with Gasteiger partial charge in [-0.3, -0.25) is 0 Å². The maximum Gasteiger partial charge on any atom is 0.229 e. The summed E-state index contributed by atoms with van der Waals surface area (Å²) in [6.07, 6.45) is 3.24. The van der Waals surface area contributed by atoms with Crippen LogP contribution in [-0.2, 0) is 0 Å². The van der Waals surface area contributed by atoms with Crippen LogP contribution < -0.4 is 0 Å². The SMILES string of the molecule is CCCCC(C)c1nc(-c2nn(-c3ccc(Cl)cc3Cl)c(-c3ccc(Cl)cc3)c2C)no1. The third-order valence-electron chi connectivity index (χ3n) is 5.44. The van der Waals surface area contributed by atoms with Crippen molar-refractivity contribution in [2.24, 2.45) is 0 Å². The van der Waals surface area contributed by atoms with Crippen molar-refractivity contribution in [2.45, 2.75) is 46.0 Å². The van der Waals surface area contributed by atoms with Gasteiger partial charge in [0, 0.05) is 27.1 Å². The molecule has 1 unspecified atom stereocenters. The lowest BCUT2D eigenvalue weighted by Gasteiger charge is -2.11. The summed E-state index contributed by atoms with van der Waals surface area (Å²) in [7, 11) is 0. The van der Waals surface area contributed by atoms with Crippen LogP contribution in [0.1, 0.15) is 50.5 Å². The van der Waals surface area contributed by atoms with Gasteiger partial charge in [0.15, 0.2) is 0 Å². The van der Waals surface area contributed by atoms with Crippen molar-refractivity contribution in [3.8, 4) is 28.5 Å². The molecule has 5 nitrogen and oxygen atoms in total. The van der Waals surface area contributed by atoms with Crippen LogP contribution in [0, 0.1) is 6.92 Å². The fourth-order valence-electron chi connectivity index (χ4n) is 3.65. The molecule has 166 valence electrons. The quantitative estimate of drug-likeness (QED) is 0.263. The summed E-state index contributed by atoms with van der Waals surface area (Å²) < 4.78 is 7.37. The molecule has 0 spiro atoms.